The molecule has 84 valence electrons. The van der Waals surface area contributed by atoms with Gasteiger partial charge >= 0.3 is 0 Å². The van der Waals surface area contributed by atoms with Crippen LogP contribution in [0.2, 0.25) is 0 Å². The molecule has 0 aliphatic carbocycles. The summed E-state index contributed by atoms with van der Waals surface area (Å²) in [5, 5.41) is 3.55. The Labute approximate surface area is 87.2 Å². The van der Waals surface area contributed by atoms with Crippen LogP contribution in [0.4, 0.5) is 0 Å². The van der Waals surface area contributed by atoms with Crippen molar-refractivity contribution in [3.63, 3.8) is 0 Å². The van der Waals surface area contributed by atoms with Gasteiger partial charge in [0.05, 0.1) is 6.61 Å². The maximum Gasteiger partial charge on any atom is 0.0641 e. The summed E-state index contributed by atoms with van der Waals surface area (Å²) in [7, 11) is 3.53. The molecule has 3 heteroatoms. The molecular weight excluding hydrogens is 178 g/mol. The number of nitrogens with one attached hydrogen (secondary N) is 1. The van der Waals surface area contributed by atoms with E-state index in [0.717, 1.165) is 25.7 Å². The lowest BCUT2D eigenvalue weighted by atomic mass is 9.93. The molecule has 0 aromatic carbocycles. The van der Waals surface area contributed by atoms with Crippen LogP contribution in [0.15, 0.2) is 0 Å². The van der Waals surface area contributed by atoms with Crippen molar-refractivity contribution >= 4 is 0 Å². The Bertz CT molecular complexity index is 163. The first kappa shape index (κ1) is 12.0. The average Bonchev–Trinajstić information content (AvgIpc) is 2.49. The lowest BCUT2D eigenvalue weighted by Gasteiger charge is -2.23. The van der Waals surface area contributed by atoms with E-state index in [1.54, 1.807) is 14.2 Å². The normalized spacial score (nSPS) is 32.4. The van der Waals surface area contributed by atoms with Gasteiger partial charge in [0.2, 0.25) is 0 Å². The average molecular weight is 201 g/mol. The van der Waals surface area contributed by atoms with Crippen LogP contribution in [0, 0.1) is 5.92 Å². The molecule has 1 fully saturated rings. The summed E-state index contributed by atoms with van der Waals surface area (Å²) in [6, 6.07) is 0. The molecule has 1 aliphatic rings. The van der Waals surface area contributed by atoms with E-state index in [4.69, 9.17) is 9.47 Å². The molecule has 1 N–H and O–H groups in total. The van der Waals surface area contributed by atoms with Crippen LogP contribution < -0.4 is 5.32 Å². The third kappa shape index (κ3) is 3.56. The molecule has 0 spiro atoms. The second kappa shape index (κ2) is 5.69. The molecular formula is C11H23NO2. The van der Waals surface area contributed by atoms with Crippen LogP contribution in [0.1, 0.15) is 26.2 Å². The Morgan fingerprint density at radius 1 is 1.36 bits per heavy atom. The van der Waals surface area contributed by atoms with E-state index in [1.807, 2.05) is 0 Å². The number of methoxy groups -OCH3 is 2. The standard InChI is InChI=1S/C11H23NO2/c1-11(9-14-3)7-10(8-12-11)5-4-6-13-2/h10,12H,4-9H2,1-3H3. The van der Waals surface area contributed by atoms with Crippen LogP contribution in [-0.4, -0.2) is 39.5 Å². The monoisotopic (exact) mass is 201 g/mol. The Balaban J connectivity index is 2.19. The maximum absolute atomic E-state index is 5.22. The van der Waals surface area contributed by atoms with Gasteiger partial charge in [-0.15, -0.1) is 0 Å². The molecule has 0 radical (unpaired) electrons. The fourth-order valence-corrected chi connectivity index (χ4v) is 2.32. The summed E-state index contributed by atoms with van der Waals surface area (Å²) in [6.07, 6.45) is 3.66. The van der Waals surface area contributed by atoms with Gasteiger partial charge in [0.25, 0.3) is 0 Å². The first-order valence-corrected chi connectivity index (χ1v) is 5.43. The molecule has 0 aromatic heterocycles. The SMILES string of the molecule is COCCCC1CNC(C)(COC)C1. The minimum atomic E-state index is 0.201. The van der Waals surface area contributed by atoms with Crippen molar-refractivity contribution in [1.29, 1.82) is 0 Å². The highest BCUT2D eigenvalue weighted by Gasteiger charge is 2.33. The first-order valence-electron chi connectivity index (χ1n) is 5.43. The third-order valence-electron chi connectivity index (χ3n) is 2.98. The summed E-state index contributed by atoms with van der Waals surface area (Å²) in [4.78, 5) is 0. The molecule has 0 saturated carbocycles. The third-order valence-corrected chi connectivity index (χ3v) is 2.98. The number of hydrogen-bond acceptors (Lipinski definition) is 3. The van der Waals surface area contributed by atoms with Crippen molar-refractivity contribution in [2.75, 3.05) is 34.0 Å². The minimum absolute atomic E-state index is 0.201. The van der Waals surface area contributed by atoms with Crippen molar-refractivity contribution in [3.05, 3.63) is 0 Å². The predicted octanol–water partition coefficient (Wildman–Crippen LogP) is 1.43. The van der Waals surface area contributed by atoms with Crippen molar-refractivity contribution in [1.82, 2.24) is 5.32 Å². The lowest BCUT2D eigenvalue weighted by molar-refractivity contribution is 0.127. The van der Waals surface area contributed by atoms with Crippen molar-refractivity contribution < 1.29 is 9.47 Å². The van der Waals surface area contributed by atoms with Gasteiger partial charge in [0, 0.05) is 26.4 Å². The van der Waals surface area contributed by atoms with Crippen LogP contribution in [0.5, 0.6) is 0 Å². The second-order valence-corrected chi connectivity index (χ2v) is 4.58. The highest BCUT2D eigenvalue weighted by atomic mass is 16.5. The molecule has 3 nitrogen and oxygen atoms in total. The molecule has 2 unspecified atom stereocenters. The molecule has 1 rings (SSSR count). The summed E-state index contributed by atoms with van der Waals surface area (Å²) in [6.45, 7) is 5.07. The van der Waals surface area contributed by atoms with E-state index >= 15 is 0 Å². The largest absolute Gasteiger partial charge is 0.385 e. The summed E-state index contributed by atoms with van der Waals surface area (Å²) < 4.78 is 10.3. The number of hydrogen-bond donors (Lipinski definition) is 1. The number of rotatable bonds is 6. The molecule has 14 heavy (non-hydrogen) atoms. The first-order chi connectivity index (χ1) is 6.70. The topological polar surface area (TPSA) is 30.5 Å². The van der Waals surface area contributed by atoms with E-state index < -0.39 is 0 Å². The molecule has 0 amide bonds. The van der Waals surface area contributed by atoms with E-state index in [0.29, 0.717) is 0 Å². The van der Waals surface area contributed by atoms with Gasteiger partial charge in [-0.25, -0.2) is 0 Å². The van der Waals surface area contributed by atoms with Gasteiger partial charge in [-0.3, -0.25) is 0 Å². The fourth-order valence-electron chi connectivity index (χ4n) is 2.32. The van der Waals surface area contributed by atoms with E-state index in [9.17, 15) is 0 Å². The fraction of sp³-hybridized carbons (Fsp3) is 1.00. The molecule has 1 heterocycles. The number of ether oxygens (including phenoxy) is 2. The molecule has 1 saturated heterocycles. The van der Waals surface area contributed by atoms with Gasteiger partial charge in [0.1, 0.15) is 0 Å². The van der Waals surface area contributed by atoms with Gasteiger partial charge < -0.3 is 14.8 Å². The van der Waals surface area contributed by atoms with Crippen LogP contribution in [0.3, 0.4) is 0 Å². The van der Waals surface area contributed by atoms with Crippen molar-refractivity contribution in [3.8, 4) is 0 Å². The quantitative estimate of drug-likeness (QED) is 0.659. The Kier molecular flexibility index (Phi) is 4.85. The summed E-state index contributed by atoms with van der Waals surface area (Å²) in [5.41, 5.74) is 0.201. The molecule has 0 bridgehead atoms. The zero-order valence-corrected chi connectivity index (χ0v) is 9.64. The summed E-state index contributed by atoms with van der Waals surface area (Å²) >= 11 is 0. The Morgan fingerprint density at radius 3 is 2.79 bits per heavy atom. The lowest BCUT2D eigenvalue weighted by Crippen LogP contribution is -2.40. The predicted molar refractivity (Wildman–Crippen MR) is 57.5 cm³/mol. The van der Waals surface area contributed by atoms with E-state index in [1.165, 1.54) is 19.3 Å². The van der Waals surface area contributed by atoms with Gasteiger partial charge in [-0.05, 0) is 38.6 Å². The smallest absolute Gasteiger partial charge is 0.0641 e. The minimum Gasteiger partial charge on any atom is -0.385 e. The maximum atomic E-state index is 5.22. The highest BCUT2D eigenvalue weighted by molar-refractivity contribution is 4.92. The summed E-state index contributed by atoms with van der Waals surface area (Å²) in [5.74, 6) is 0.797. The zero-order valence-electron chi connectivity index (χ0n) is 9.64. The van der Waals surface area contributed by atoms with Crippen LogP contribution >= 0.6 is 0 Å². The van der Waals surface area contributed by atoms with Gasteiger partial charge in [-0.2, -0.15) is 0 Å². The molecule has 2 atom stereocenters. The van der Waals surface area contributed by atoms with Crippen LogP contribution in [-0.2, 0) is 9.47 Å². The van der Waals surface area contributed by atoms with Gasteiger partial charge in [-0.1, -0.05) is 0 Å². The van der Waals surface area contributed by atoms with E-state index in [-0.39, 0.29) is 5.54 Å². The highest BCUT2D eigenvalue weighted by Crippen LogP contribution is 2.27. The van der Waals surface area contributed by atoms with Crippen molar-refractivity contribution in [2.24, 2.45) is 5.92 Å². The molecule has 0 aromatic rings. The van der Waals surface area contributed by atoms with Crippen molar-refractivity contribution in [2.45, 2.75) is 31.7 Å². The van der Waals surface area contributed by atoms with E-state index in [2.05, 4.69) is 12.2 Å². The second-order valence-electron chi connectivity index (χ2n) is 4.58. The Hall–Kier alpha value is -0.120. The Morgan fingerprint density at radius 2 is 2.14 bits per heavy atom. The zero-order chi connectivity index (χ0) is 10.4. The molecule has 1 aliphatic heterocycles. The van der Waals surface area contributed by atoms with Gasteiger partial charge in [0.15, 0.2) is 0 Å². The van der Waals surface area contributed by atoms with Crippen LogP contribution in [0.25, 0.3) is 0 Å².